The van der Waals surface area contributed by atoms with E-state index in [-0.39, 0.29) is 16.9 Å². The van der Waals surface area contributed by atoms with Gasteiger partial charge in [-0.25, -0.2) is 15.0 Å². The van der Waals surface area contributed by atoms with Gasteiger partial charge in [0.2, 0.25) is 5.95 Å². The van der Waals surface area contributed by atoms with Crippen molar-refractivity contribution in [3.8, 4) is 16.9 Å². The van der Waals surface area contributed by atoms with Gasteiger partial charge in [-0.15, -0.1) is 0 Å². The molecule has 0 unspecified atom stereocenters. The van der Waals surface area contributed by atoms with Crippen molar-refractivity contribution >= 4 is 23.2 Å². The highest BCUT2D eigenvalue weighted by molar-refractivity contribution is 6.05. The predicted octanol–water partition coefficient (Wildman–Crippen LogP) is 6.96. The summed E-state index contributed by atoms with van der Waals surface area (Å²) in [6, 6.07) is 19.8. The molecule has 196 valence electrons. The van der Waals surface area contributed by atoms with E-state index >= 15 is 0 Å². The normalized spacial score (nSPS) is 11.3. The second kappa shape index (κ2) is 10.4. The van der Waals surface area contributed by atoms with E-state index in [2.05, 4.69) is 25.6 Å². The number of nitrogens with one attached hydrogen (secondary N) is 2. The molecule has 0 aliphatic heterocycles. The predicted molar refractivity (Wildman–Crippen MR) is 143 cm³/mol. The number of aryl methyl sites for hydroxylation is 2. The van der Waals surface area contributed by atoms with Gasteiger partial charge >= 0.3 is 6.18 Å². The lowest BCUT2D eigenvalue weighted by atomic mass is 10.1. The number of amides is 1. The van der Waals surface area contributed by atoms with Crippen molar-refractivity contribution in [1.82, 2.24) is 19.5 Å². The Kier molecular flexibility index (Phi) is 6.84. The number of hydrogen-bond donors (Lipinski definition) is 2. The average Bonchev–Trinajstić information content (AvgIpc) is 3.36. The van der Waals surface area contributed by atoms with Crippen molar-refractivity contribution < 1.29 is 18.0 Å². The average molecular weight is 529 g/mol. The number of carbonyl (C=O) groups is 1. The maximum absolute atomic E-state index is 13.6. The highest BCUT2D eigenvalue weighted by Crippen LogP contribution is 2.33. The number of hydrogen-bond acceptors (Lipinski definition) is 5. The Bertz CT molecular complexity index is 1650. The Morgan fingerprint density at radius 1 is 0.923 bits per heavy atom. The molecule has 39 heavy (non-hydrogen) atoms. The first-order chi connectivity index (χ1) is 18.7. The van der Waals surface area contributed by atoms with Crippen molar-refractivity contribution in [2.45, 2.75) is 20.0 Å². The Hall–Kier alpha value is -4.99. The van der Waals surface area contributed by atoms with Crippen LogP contribution in [-0.2, 0) is 6.18 Å². The van der Waals surface area contributed by atoms with Gasteiger partial charge in [0.15, 0.2) is 0 Å². The molecule has 2 heterocycles. The molecule has 5 aromatic rings. The smallest absolute Gasteiger partial charge is 0.324 e. The molecule has 10 heteroatoms. The third-order valence-corrected chi connectivity index (χ3v) is 5.98. The van der Waals surface area contributed by atoms with Gasteiger partial charge in [0.05, 0.1) is 23.3 Å². The summed E-state index contributed by atoms with van der Waals surface area (Å²) in [7, 11) is 0. The van der Waals surface area contributed by atoms with Crippen LogP contribution in [0.1, 0.15) is 27.2 Å². The minimum Gasteiger partial charge on any atom is -0.324 e. The zero-order valence-electron chi connectivity index (χ0n) is 21.0. The second-order valence-electron chi connectivity index (χ2n) is 8.93. The molecule has 7 nitrogen and oxygen atoms in total. The Balaban J connectivity index is 1.41. The van der Waals surface area contributed by atoms with Crippen LogP contribution < -0.4 is 10.6 Å². The van der Waals surface area contributed by atoms with Crippen molar-refractivity contribution in [2.24, 2.45) is 0 Å². The summed E-state index contributed by atoms with van der Waals surface area (Å²) in [5, 5.41) is 5.74. The molecule has 0 bridgehead atoms. The van der Waals surface area contributed by atoms with Gasteiger partial charge in [0, 0.05) is 40.6 Å². The van der Waals surface area contributed by atoms with E-state index in [9.17, 15) is 18.0 Å². The largest absolute Gasteiger partial charge is 0.416 e. The van der Waals surface area contributed by atoms with Gasteiger partial charge in [-0.3, -0.25) is 4.79 Å². The van der Waals surface area contributed by atoms with Crippen molar-refractivity contribution in [3.05, 3.63) is 114 Å². The van der Waals surface area contributed by atoms with Crippen LogP contribution in [0.25, 0.3) is 16.9 Å². The molecule has 0 saturated carbocycles. The van der Waals surface area contributed by atoms with E-state index in [1.165, 1.54) is 17.0 Å². The van der Waals surface area contributed by atoms with E-state index in [1.807, 2.05) is 37.3 Å². The highest BCUT2D eigenvalue weighted by atomic mass is 19.4. The van der Waals surface area contributed by atoms with Gasteiger partial charge in [0.25, 0.3) is 5.91 Å². The standard InChI is InChI=1S/C29H23F3N6O/c1-18-8-9-21(12-26(18)37-28-33-11-10-25(36-28)20-6-4-3-5-7-20)27(39)35-23-13-22(29(30,31)32)14-24(15-23)38-16-19(2)34-17-38/h3-17H,1-2H3,(H,35,39)(H,33,36,37). The first kappa shape index (κ1) is 25.7. The molecule has 5 rings (SSSR count). The molecule has 0 atom stereocenters. The lowest BCUT2D eigenvalue weighted by Crippen LogP contribution is -2.14. The van der Waals surface area contributed by atoms with Gasteiger partial charge in [-0.1, -0.05) is 36.4 Å². The first-order valence-electron chi connectivity index (χ1n) is 12.0. The van der Waals surface area contributed by atoms with E-state index < -0.39 is 17.6 Å². The minimum absolute atomic E-state index is 0.00478. The monoisotopic (exact) mass is 528 g/mol. The third kappa shape index (κ3) is 5.96. The number of anilines is 3. The molecule has 0 radical (unpaired) electrons. The Morgan fingerprint density at radius 3 is 2.44 bits per heavy atom. The maximum atomic E-state index is 13.6. The molecular formula is C29H23F3N6O. The lowest BCUT2D eigenvalue weighted by molar-refractivity contribution is -0.137. The molecule has 2 aromatic heterocycles. The van der Waals surface area contributed by atoms with Crippen LogP contribution in [0.3, 0.4) is 0 Å². The number of imidazole rings is 1. The fourth-order valence-corrected chi connectivity index (χ4v) is 3.97. The number of aromatic nitrogens is 4. The molecule has 0 saturated heterocycles. The summed E-state index contributed by atoms with van der Waals surface area (Å²) in [6.07, 6.45) is 0.0635. The fourth-order valence-electron chi connectivity index (χ4n) is 3.97. The summed E-state index contributed by atoms with van der Waals surface area (Å²) >= 11 is 0. The number of halogens is 3. The summed E-state index contributed by atoms with van der Waals surface area (Å²) in [4.78, 5) is 26.0. The summed E-state index contributed by atoms with van der Waals surface area (Å²) in [5.41, 5.74) is 3.32. The SMILES string of the molecule is Cc1cn(-c2cc(NC(=O)c3ccc(C)c(Nc4nccc(-c5ccccc5)n4)c3)cc(C(F)(F)F)c2)cn1. The van der Waals surface area contributed by atoms with Crippen LogP contribution in [0.4, 0.5) is 30.5 Å². The highest BCUT2D eigenvalue weighted by Gasteiger charge is 2.31. The zero-order valence-corrected chi connectivity index (χ0v) is 21.0. The van der Waals surface area contributed by atoms with Crippen LogP contribution in [0.5, 0.6) is 0 Å². The Morgan fingerprint density at radius 2 is 1.72 bits per heavy atom. The van der Waals surface area contributed by atoms with Crippen LogP contribution >= 0.6 is 0 Å². The van der Waals surface area contributed by atoms with Crippen molar-refractivity contribution in [2.75, 3.05) is 10.6 Å². The molecule has 2 N–H and O–H groups in total. The van der Waals surface area contributed by atoms with Crippen molar-refractivity contribution in [3.63, 3.8) is 0 Å². The summed E-state index contributed by atoms with van der Waals surface area (Å²) in [5.74, 6) is -0.223. The second-order valence-corrected chi connectivity index (χ2v) is 8.93. The number of nitrogens with zero attached hydrogens (tertiary/aromatic N) is 4. The van der Waals surface area contributed by atoms with E-state index in [4.69, 9.17) is 0 Å². The molecule has 0 spiro atoms. The quantitative estimate of drug-likeness (QED) is 0.249. The lowest BCUT2D eigenvalue weighted by Gasteiger charge is -2.14. The fraction of sp³-hybridized carbons (Fsp3) is 0.103. The minimum atomic E-state index is -4.60. The van der Waals surface area contributed by atoms with Crippen LogP contribution in [0, 0.1) is 13.8 Å². The van der Waals surface area contributed by atoms with Crippen molar-refractivity contribution in [1.29, 1.82) is 0 Å². The molecule has 3 aromatic carbocycles. The Labute approximate surface area is 222 Å². The number of rotatable bonds is 6. The van der Waals surface area contributed by atoms with Crippen LogP contribution in [0.15, 0.2) is 91.5 Å². The van der Waals surface area contributed by atoms with E-state index in [0.29, 0.717) is 17.3 Å². The van der Waals surface area contributed by atoms with E-state index in [0.717, 1.165) is 29.0 Å². The first-order valence-corrected chi connectivity index (χ1v) is 12.0. The molecule has 0 aliphatic rings. The number of benzene rings is 3. The molecule has 1 amide bonds. The topological polar surface area (TPSA) is 84.7 Å². The maximum Gasteiger partial charge on any atom is 0.416 e. The molecule has 0 aliphatic carbocycles. The molecule has 0 fully saturated rings. The van der Waals surface area contributed by atoms with Gasteiger partial charge in [0.1, 0.15) is 0 Å². The number of carbonyl (C=O) groups excluding carboxylic acids is 1. The summed E-state index contributed by atoms with van der Waals surface area (Å²) < 4.78 is 42.3. The summed E-state index contributed by atoms with van der Waals surface area (Å²) in [6.45, 7) is 3.59. The zero-order chi connectivity index (χ0) is 27.6. The van der Waals surface area contributed by atoms with Gasteiger partial charge in [-0.05, 0) is 55.8 Å². The number of alkyl halides is 3. The van der Waals surface area contributed by atoms with Crippen LogP contribution in [-0.4, -0.2) is 25.4 Å². The third-order valence-electron chi connectivity index (χ3n) is 5.98. The van der Waals surface area contributed by atoms with Gasteiger partial charge < -0.3 is 15.2 Å². The van der Waals surface area contributed by atoms with Crippen LogP contribution in [0.2, 0.25) is 0 Å². The molecular weight excluding hydrogens is 505 g/mol. The van der Waals surface area contributed by atoms with E-state index in [1.54, 1.807) is 43.6 Å². The van der Waals surface area contributed by atoms with Gasteiger partial charge in [-0.2, -0.15) is 13.2 Å².